The van der Waals surface area contributed by atoms with Gasteiger partial charge in [-0.15, -0.1) is 0 Å². The number of fused-ring (bicyclic) bond motifs is 1. The maximum atomic E-state index is 10.9. The number of hydrogen-bond donors (Lipinski definition) is 2. The average Bonchev–Trinajstić information content (AvgIpc) is 2.97. The molecule has 1 aliphatic carbocycles. The number of nitrogens with zero attached hydrogens (tertiary/aromatic N) is 2. The zero-order valence-electron chi connectivity index (χ0n) is 11.0. The number of aromatic amines is 1. The van der Waals surface area contributed by atoms with Gasteiger partial charge in [0.2, 0.25) is 0 Å². The van der Waals surface area contributed by atoms with Gasteiger partial charge < -0.3 is 5.32 Å². The number of non-ortho nitro benzene ring substituents is 1. The van der Waals surface area contributed by atoms with Crippen LogP contribution in [0.15, 0.2) is 30.5 Å². The second-order valence-corrected chi connectivity index (χ2v) is 5.05. The summed E-state index contributed by atoms with van der Waals surface area (Å²) in [6.45, 7) is 0.687. The van der Waals surface area contributed by atoms with E-state index in [4.69, 9.17) is 0 Å². The number of rotatable bonds is 4. The Morgan fingerprint density at radius 1 is 1.45 bits per heavy atom. The minimum Gasteiger partial charge on any atom is -0.304 e. The van der Waals surface area contributed by atoms with Crippen molar-refractivity contribution in [1.82, 2.24) is 15.5 Å². The predicted octanol–water partition coefficient (Wildman–Crippen LogP) is 2.49. The van der Waals surface area contributed by atoms with Gasteiger partial charge in [-0.05, 0) is 36.5 Å². The number of aromatic nitrogens is 2. The summed E-state index contributed by atoms with van der Waals surface area (Å²) in [5.74, 6) is 0. The van der Waals surface area contributed by atoms with Crippen LogP contribution in [0.2, 0.25) is 0 Å². The van der Waals surface area contributed by atoms with Crippen molar-refractivity contribution in [2.24, 2.45) is 0 Å². The highest BCUT2D eigenvalue weighted by molar-refractivity contribution is 5.42. The van der Waals surface area contributed by atoms with Gasteiger partial charge in [0.1, 0.15) is 0 Å². The lowest BCUT2D eigenvalue weighted by Crippen LogP contribution is -2.25. The molecule has 0 unspecified atom stereocenters. The van der Waals surface area contributed by atoms with Gasteiger partial charge in [0.15, 0.2) is 0 Å². The molecule has 6 nitrogen and oxygen atoms in total. The van der Waals surface area contributed by atoms with Crippen LogP contribution in [0.25, 0.3) is 0 Å². The van der Waals surface area contributed by atoms with E-state index in [1.807, 2.05) is 12.1 Å². The van der Waals surface area contributed by atoms with Crippen LogP contribution in [0.3, 0.4) is 0 Å². The van der Waals surface area contributed by atoms with Gasteiger partial charge in [0, 0.05) is 36.6 Å². The van der Waals surface area contributed by atoms with Gasteiger partial charge in [-0.25, -0.2) is 0 Å². The fourth-order valence-corrected chi connectivity index (χ4v) is 2.73. The second kappa shape index (κ2) is 5.42. The summed E-state index contributed by atoms with van der Waals surface area (Å²) in [7, 11) is 0. The molecule has 1 aromatic heterocycles. The van der Waals surface area contributed by atoms with Crippen molar-refractivity contribution < 1.29 is 4.92 Å². The predicted molar refractivity (Wildman–Crippen MR) is 74.2 cm³/mol. The Labute approximate surface area is 116 Å². The maximum absolute atomic E-state index is 10.9. The van der Waals surface area contributed by atoms with Crippen LogP contribution in [-0.2, 0) is 13.0 Å². The first-order valence-electron chi connectivity index (χ1n) is 6.73. The number of nitro benzene ring substituents is 1. The topological polar surface area (TPSA) is 83.8 Å². The molecule has 0 amide bonds. The molecule has 0 fully saturated rings. The van der Waals surface area contributed by atoms with E-state index in [9.17, 15) is 10.1 Å². The first-order valence-corrected chi connectivity index (χ1v) is 6.73. The lowest BCUT2D eigenvalue weighted by Gasteiger charge is -2.26. The van der Waals surface area contributed by atoms with Crippen LogP contribution < -0.4 is 5.32 Å². The van der Waals surface area contributed by atoms with Gasteiger partial charge in [0.25, 0.3) is 5.69 Å². The molecule has 0 aliphatic heterocycles. The molecule has 0 radical (unpaired) electrons. The van der Waals surface area contributed by atoms with Crippen molar-refractivity contribution in [1.29, 1.82) is 0 Å². The maximum Gasteiger partial charge on any atom is 0.269 e. The molecule has 3 rings (SSSR count). The number of nitrogens with one attached hydrogen (secondary N) is 2. The Hall–Kier alpha value is -2.21. The van der Waals surface area contributed by atoms with Crippen LogP contribution >= 0.6 is 0 Å². The highest BCUT2D eigenvalue weighted by atomic mass is 16.6. The van der Waals surface area contributed by atoms with E-state index >= 15 is 0 Å². The van der Waals surface area contributed by atoms with Crippen molar-refractivity contribution in [3.8, 4) is 0 Å². The van der Waals surface area contributed by atoms with E-state index in [0.717, 1.165) is 30.5 Å². The summed E-state index contributed by atoms with van der Waals surface area (Å²) in [5, 5.41) is 21.2. The number of hydrogen-bond acceptors (Lipinski definition) is 4. The SMILES string of the molecule is O=[N+]([O-])c1ccc2c(c1)[C@H](NCc1ccn[nH]1)CCC2. The molecule has 20 heavy (non-hydrogen) atoms. The average molecular weight is 272 g/mol. The molecule has 1 atom stereocenters. The molecule has 0 spiro atoms. The van der Waals surface area contributed by atoms with Gasteiger partial charge >= 0.3 is 0 Å². The molecule has 1 aliphatic rings. The molecular weight excluding hydrogens is 256 g/mol. The fourth-order valence-electron chi connectivity index (χ4n) is 2.73. The van der Waals surface area contributed by atoms with Crippen molar-refractivity contribution >= 4 is 5.69 Å². The number of aryl methyl sites for hydroxylation is 1. The Morgan fingerprint density at radius 2 is 2.35 bits per heavy atom. The summed E-state index contributed by atoms with van der Waals surface area (Å²) >= 11 is 0. The minimum atomic E-state index is -0.333. The first-order chi connectivity index (χ1) is 9.74. The van der Waals surface area contributed by atoms with Crippen molar-refractivity contribution in [2.75, 3.05) is 0 Å². The van der Waals surface area contributed by atoms with Gasteiger partial charge in [-0.3, -0.25) is 15.2 Å². The third-order valence-electron chi connectivity index (χ3n) is 3.75. The zero-order chi connectivity index (χ0) is 13.9. The molecule has 2 N–H and O–H groups in total. The van der Waals surface area contributed by atoms with Crippen molar-refractivity contribution in [2.45, 2.75) is 31.8 Å². The molecule has 0 bridgehead atoms. The summed E-state index contributed by atoms with van der Waals surface area (Å²) < 4.78 is 0. The Bertz CT molecular complexity index is 610. The summed E-state index contributed by atoms with van der Waals surface area (Å²) in [5.41, 5.74) is 3.45. The number of H-pyrrole nitrogens is 1. The molecule has 0 saturated heterocycles. The Balaban J connectivity index is 1.80. The molecule has 0 saturated carbocycles. The molecule has 1 heterocycles. The van der Waals surface area contributed by atoms with E-state index in [2.05, 4.69) is 15.5 Å². The van der Waals surface area contributed by atoms with Crippen LogP contribution in [0, 0.1) is 10.1 Å². The second-order valence-electron chi connectivity index (χ2n) is 5.05. The molecule has 1 aromatic carbocycles. The van der Waals surface area contributed by atoms with E-state index in [-0.39, 0.29) is 16.7 Å². The quantitative estimate of drug-likeness (QED) is 0.661. The van der Waals surface area contributed by atoms with E-state index < -0.39 is 0 Å². The summed E-state index contributed by atoms with van der Waals surface area (Å²) in [6.07, 6.45) is 4.82. The van der Waals surface area contributed by atoms with Crippen LogP contribution in [0.4, 0.5) is 5.69 Å². The van der Waals surface area contributed by atoms with Crippen LogP contribution in [0.5, 0.6) is 0 Å². The third kappa shape index (κ3) is 2.55. The zero-order valence-corrected chi connectivity index (χ0v) is 11.0. The standard InChI is InChI=1S/C14H16N4O2/c19-18(20)12-5-4-10-2-1-3-14(13(10)8-12)15-9-11-6-7-16-17-11/h4-8,14-15H,1-3,9H2,(H,16,17)/t14-/m1/s1. The smallest absolute Gasteiger partial charge is 0.269 e. The van der Waals surface area contributed by atoms with Crippen molar-refractivity contribution in [3.63, 3.8) is 0 Å². The number of benzene rings is 1. The van der Waals surface area contributed by atoms with E-state index in [1.54, 1.807) is 18.3 Å². The van der Waals surface area contributed by atoms with E-state index in [1.165, 1.54) is 5.56 Å². The molecule has 6 heteroatoms. The van der Waals surface area contributed by atoms with Crippen molar-refractivity contribution in [3.05, 3.63) is 57.4 Å². The molecular formula is C14H16N4O2. The van der Waals surface area contributed by atoms with Gasteiger partial charge in [0.05, 0.1) is 4.92 Å². The summed E-state index contributed by atoms with van der Waals surface area (Å²) in [4.78, 5) is 10.6. The largest absolute Gasteiger partial charge is 0.304 e. The number of nitro groups is 1. The Morgan fingerprint density at radius 3 is 3.10 bits per heavy atom. The monoisotopic (exact) mass is 272 g/mol. The molecule has 2 aromatic rings. The van der Waals surface area contributed by atoms with E-state index in [0.29, 0.717) is 6.54 Å². The molecule has 104 valence electrons. The van der Waals surface area contributed by atoms with Gasteiger partial charge in [-0.2, -0.15) is 5.10 Å². The highest BCUT2D eigenvalue weighted by Crippen LogP contribution is 2.32. The highest BCUT2D eigenvalue weighted by Gasteiger charge is 2.22. The minimum absolute atomic E-state index is 0.166. The Kier molecular flexibility index (Phi) is 3.47. The third-order valence-corrected chi connectivity index (χ3v) is 3.75. The summed E-state index contributed by atoms with van der Waals surface area (Å²) in [6, 6.07) is 7.28. The van der Waals surface area contributed by atoms with Gasteiger partial charge in [-0.1, -0.05) is 6.07 Å². The lowest BCUT2D eigenvalue weighted by atomic mass is 9.87. The first kappa shape index (κ1) is 12.8. The lowest BCUT2D eigenvalue weighted by molar-refractivity contribution is -0.385. The van der Waals surface area contributed by atoms with Crippen LogP contribution in [-0.4, -0.2) is 15.1 Å². The van der Waals surface area contributed by atoms with Crippen LogP contribution in [0.1, 0.15) is 35.7 Å². The normalized spacial score (nSPS) is 17.7. The fraction of sp³-hybridized carbons (Fsp3) is 0.357.